The zero-order valence-corrected chi connectivity index (χ0v) is 25.1. The largest absolute Gasteiger partial charge is 0.493 e. The van der Waals surface area contributed by atoms with Gasteiger partial charge in [-0.05, 0) is 62.1 Å². The zero-order chi connectivity index (χ0) is 29.9. The lowest BCUT2D eigenvalue weighted by atomic mass is 10.1. The van der Waals surface area contributed by atoms with Gasteiger partial charge in [-0.25, -0.2) is 4.98 Å². The third-order valence-electron chi connectivity index (χ3n) is 7.38. The molecule has 0 aliphatic rings. The lowest BCUT2D eigenvalue weighted by Crippen LogP contribution is -2.38. The van der Waals surface area contributed by atoms with Gasteiger partial charge in [0.25, 0.3) is 0 Å². The molecule has 4 aromatic rings. The number of imidazole rings is 1. The Balaban J connectivity index is 1.30. The van der Waals surface area contributed by atoms with Crippen LogP contribution in [0.5, 0.6) is 11.5 Å². The maximum Gasteiger partial charge on any atom is 0.243 e. The number of methoxy groups -OCH3 is 2. The van der Waals surface area contributed by atoms with Crippen molar-refractivity contribution in [3.63, 3.8) is 0 Å². The number of aryl methyl sites for hydroxylation is 1. The van der Waals surface area contributed by atoms with E-state index in [1.54, 1.807) is 14.2 Å². The number of carbonyl (C=O) groups is 2. The second-order valence-corrected chi connectivity index (χ2v) is 10.7. The van der Waals surface area contributed by atoms with Crippen molar-refractivity contribution in [1.82, 2.24) is 19.8 Å². The molecule has 0 spiro atoms. The smallest absolute Gasteiger partial charge is 0.243 e. The van der Waals surface area contributed by atoms with Gasteiger partial charge in [0.2, 0.25) is 11.8 Å². The van der Waals surface area contributed by atoms with Crippen LogP contribution in [0.4, 0.5) is 0 Å². The van der Waals surface area contributed by atoms with Gasteiger partial charge in [0.05, 0.1) is 31.7 Å². The molecule has 8 nitrogen and oxygen atoms in total. The highest BCUT2D eigenvalue weighted by Crippen LogP contribution is 2.27. The van der Waals surface area contributed by atoms with Gasteiger partial charge in [0.15, 0.2) is 11.5 Å². The summed E-state index contributed by atoms with van der Waals surface area (Å²) >= 11 is 0. The lowest BCUT2D eigenvalue weighted by molar-refractivity contribution is -0.134. The molecule has 0 radical (unpaired) electrons. The standard InChI is InChI=1S/C34H42N4O4/c1-25(2)37(23-26-13-7-5-8-14-26)34(40)24-38-29-16-11-10-15-28(29)36-32(38)17-9-6-12-20-35-33(39)22-27-18-19-30(41-3)31(21-27)42-4/h5,7-8,10-11,13-16,18-19,21,25H,6,9,12,17,20,22-24H2,1-4H3,(H,35,39). The SMILES string of the molecule is COc1ccc(CC(=O)NCCCCCc2nc3ccccc3n2CC(=O)N(Cc2ccccc2)C(C)C)cc1OC. The van der Waals surface area contributed by atoms with E-state index >= 15 is 0 Å². The Hall–Kier alpha value is -4.33. The Morgan fingerprint density at radius 1 is 0.881 bits per heavy atom. The van der Waals surface area contributed by atoms with Crippen molar-refractivity contribution in [2.75, 3.05) is 20.8 Å². The van der Waals surface area contributed by atoms with Crippen LogP contribution < -0.4 is 14.8 Å². The minimum absolute atomic E-state index is 0.0206. The highest BCUT2D eigenvalue weighted by molar-refractivity contribution is 5.81. The molecule has 0 bridgehead atoms. The minimum atomic E-state index is -0.0206. The van der Waals surface area contributed by atoms with Crippen molar-refractivity contribution >= 4 is 22.8 Å². The van der Waals surface area contributed by atoms with Gasteiger partial charge in [0, 0.05) is 25.6 Å². The number of amides is 2. The monoisotopic (exact) mass is 570 g/mol. The average molecular weight is 571 g/mol. The van der Waals surface area contributed by atoms with Crippen LogP contribution in [0.25, 0.3) is 11.0 Å². The first-order valence-corrected chi connectivity index (χ1v) is 14.6. The number of fused-ring (bicyclic) bond motifs is 1. The van der Waals surface area contributed by atoms with Gasteiger partial charge in [-0.2, -0.15) is 0 Å². The first-order valence-electron chi connectivity index (χ1n) is 14.6. The maximum atomic E-state index is 13.6. The highest BCUT2D eigenvalue weighted by Gasteiger charge is 2.21. The van der Waals surface area contributed by atoms with Gasteiger partial charge in [-0.1, -0.05) is 55.0 Å². The second-order valence-electron chi connectivity index (χ2n) is 10.7. The normalized spacial score (nSPS) is 11.1. The third-order valence-corrected chi connectivity index (χ3v) is 7.38. The summed E-state index contributed by atoms with van der Waals surface area (Å²) < 4.78 is 12.7. The number of aromatic nitrogens is 2. The number of nitrogens with one attached hydrogen (secondary N) is 1. The van der Waals surface area contributed by atoms with Gasteiger partial charge >= 0.3 is 0 Å². The number of ether oxygens (including phenoxy) is 2. The van der Waals surface area contributed by atoms with Crippen molar-refractivity contribution in [2.24, 2.45) is 0 Å². The molecule has 1 aromatic heterocycles. The van der Waals surface area contributed by atoms with Crippen LogP contribution in [0.1, 0.15) is 50.1 Å². The Labute approximate surface area is 248 Å². The summed E-state index contributed by atoms with van der Waals surface area (Å²) in [7, 11) is 3.17. The molecule has 4 rings (SSSR count). The van der Waals surface area contributed by atoms with Crippen molar-refractivity contribution < 1.29 is 19.1 Å². The Kier molecular flexibility index (Phi) is 11.0. The molecule has 0 unspecified atom stereocenters. The Morgan fingerprint density at radius 2 is 1.62 bits per heavy atom. The zero-order valence-electron chi connectivity index (χ0n) is 25.1. The summed E-state index contributed by atoms with van der Waals surface area (Å²) in [6.07, 6.45) is 3.79. The number of nitrogens with zero attached hydrogens (tertiary/aromatic N) is 3. The lowest BCUT2D eigenvalue weighted by Gasteiger charge is -2.27. The van der Waals surface area contributed by atoms with Crippen LogP contribution in [-0.2, 0) is 35.5 Å². The van der Waals surface area contributed by atoms with Crippen LogP contribution in [0, 0.1) is 0 Å². The minimum Gasteiger partial charge on any atom is -0.493 e. The summed E-state index contributed by atoms with van der Waals surface area (Å²) in [5, 5.41) is 3.02. The average Bonchev–Trinajstić information content (AvgIpc) is 3.34. The Bertz CT molecular complexity index is 1470. The van der Waals surface area contributed by atoms with E-state index in [9.17, 15) is 9.59 Å². The van der Waals surface area contributed by atoms with Crippen LogP contribution in [0.2, 0.25) is 0 Å². The summed E-state index contributed by atoms with van der Waals surface area (Å²) in [6, 6.07) is 23.7. The number of unbranched alkanes of at least 4 members (excludes halogenated alkanes) is 2. The van der Waals surface area contributed by atoms with Crippen LogP contribution in [0.3, 0.4) is 0 Å². The van der Waals surface area contributed by atoms with Crippen LogP contribution in [-0.4, -0.2) is 53.1 Å². The predicted octanol–water partition coefficient (Wildman–Crippen LogP) is 5.56. The van der Waals surface area contributed by atoms with E-state index in [-0.39, 0.29) is 30.8 Å². The fraction of sp³-hybridized carbons (Fsp3) is 0.382. The number of rotatable bonds is 15. The number of hydrogen-bond donors (Lipinski definition) is 1. The molecule has 222 valence electrons. The molecule has 0 fully saturated rings. The summed E-state index contributed by atoms with van der Waals surface area (Å²) in [5.41, 5.74) is 3.87. The molecule has 1 N–H and O–H groups in total. The molecule has 2 amide bonds. The molecule has 42 heavy (non-hydrogen) atoms. The van der Waals surface area contributed by atoms with E-state index in [1.165, 1.54) is 0 Å². The predicted molar refractivity (Wildman–Crippen MR) is 166 cm³/mol. The molecular weight excluding hydrogens is 528 g/mol. The maximum absolute atomic E-state index is 13.6. The fourth-order valence-corrected chi connectivity index (χ4v) is 5.11. The van der Waals surface area contributed by atoms with Crippen LogP contribution >= 0.6 is 0 Å². The molecule has 0 saturated carbocycles. The molecular formula is C34H42N4O4. The quantitative estimate of drug-likeness (QED) is 0.189. The molecule has 0 aliphatic carbocycles. The van der Waals surface area contributed by atoms with E-state index in [0.717, 1.165) is 53.7 Å². The topological polar surface area (TPSA) is 85.7 Å². The molecule has 0 saturated heterocycles. The highest BCUT2D eigenvalue weighted by atomic mass is 16.5. The van der Waals surface area contributed by atoms with E-state index in [1.807, 2.05) is 65.6 Å². The van der Waals surface area contributed by atoms with E-state index in [4.69, 9.17) is 14.5 Å². The van der Waals surface area contributed by atoms with Gasteiger partial charge in [-0.15, -0.1) is 0 Å². The number of hydrogen-bond acceptors (Lipinski definition) is 5. The third kappa shape index (κ3) is 8.12. The number of carbonyl (C=O) groups excluding carboxylic acids is 2. The van der Waals surface area contributed by atoms with E-state index in [2.05, 4.69) is 35.9 Å². The molecule has 1 heterocycles. The summed E-state index contributed by atoms with van der Waals surface area (Å²) in [5.74, 6) is 2.24. The first-order chi connectivity index (χ1) is 20.4. The molecule has 3 aromatic carbocycles. The number of benzene rings is 3. The summed E-state index contributed by atoms with van der Waals surface area (Å²) in [6.45, 7) is 5.56. The first kappa shape index (κ1) is 30.6. The van der Waals surface area contributed by atoms with Crippen molar-refractivity contribution in [1.29, 1.82) is 0 Å². The van der Waals surface area contributed by atoms with E-state index < -0.39 is 0 Å². The molecule has 0 atom stereocenters. The van der Waals surface area contributed by atoms with E-state index in [0.29, 0.717) is 24.6 Å². The molecule has 0 aliphatic heterocycles. The van der Waals surface area contributed by atoms with Gasteiger partial charge in [0.1, 0.15) is 12.4 Å². The van der Waals surface area contributed by atoms with Gasteiger partial charge < -0.3 is 24.3 Å². The fourth-order valence-electron chi connectivity index (χ4n) is 5.11. The van der Waals surface area contributed by atoms with Gasteiger partial charge in [-0.3, -0.25) is 9.59 Å². The summed E-state index contributed by atoms with van der Waals surface area (Å²) in [4.78, 5) is 32.8. The molecule has 8 heteroatoms. The second kappa shape index (κ2) is 15.1. The van der Waals surface area contributed by atoms with Crippen molar-refractivity contribution in [3.05, 3.63) is 89.7 Å². The number of para-hydroxylation sites is 2. The van der Waals surface area contributed by atoms with Crippen LogP contribution in [0.15, 0.2) is 72.8 Å². The Morgan fingerprint density at radius 3 is 2.36 bits per heavy atom. The van der Waals surface area contributed by atoms with Crippen molar-refractivity contribution in [3.8, 4) is 11.5 Å². The van der Waals surface area contributed by atoms with Crippen molar-refractivity contribution in [2.45, 2.75) is 65.1 Å².